The monoisotopic (exact) mass is 491 g/mol. The van der Waals surface area contributed by atoms with Gasteiger partial charge in [0.1, 0.15) is 23.3 Å². The fourth-order valence-electron chi connectivity index (χ4n) is 4.46. The van der Waals surface area contributed by atoms with E-state index in [0.717, 1.165) is 12.8 Å². The zero-order valence-corrected chi connectivity index (χ0v) is 19.7. The number of pyridine rings is 1. The molecule has 1 saturated carbocycles. The van der Waals surface area contributed by atoms with Crippen LogP contribution in [0.4, 0.5) is 9.18 Å². The van der Waals surface area contributed by atoms with Crippen LogP contribution in [0.3, 0.4) is 0 Å². The van der Waals surface area contributed by atoms with Crippen molar-refractivity contribution < 1.29 is 23.4 Å². The predicted molar refractivity (Wildman–Crippen MR) is 130 cm³/mol. The summed E-state index contributed by atoms with van der Waals surface area (Å²) < 4.78 is 32.1. The van der Waals surface area contributed by atoms with E-state index in [1.807, 2.05) is 0 Å². The number of aromatic nitrogens is 1. The molecule has 5 rings (SSSR count). The van der Waals surface area contributed by atoms with Gasteiger partial charge in [0.05, 0.1) is 26.4 Å². The number of fused-ring (bicyclic) bond motifs is 1. The average molecular weight is 492 g/mol. The highest BCUT2D eigenvalue weighted by atomic mass is 19.1. The van der Waals surface area contributed by atoms with Crippen molar-refractivity contribution in [3.8, 4) is 22.9 Å². The van der Waals surface area contributed by atoms with Crippen LogP contribution in [0.5, 0.6) is 5.75 Å². The minimum absolute atomic E-state index is 0.0139. The molecule has 1 aliphatic heterocycles. The molecule has 0 atom stereocenters. The second kappa shape index (κ2) is 10.4. The number of hydrogen-bond donors (Lipinski definition) is 0. The van der Waals surface area contributed by atoms with Gasteiger partial charge in [-0.05, 0) is 48.7 Å². The lowest BCUT2D eigenvalue weighted by Crippen LogP contribution is -2.41. The topological polar surface area (TPSA) is 93.8 Å². The SMILES string of the molecule is N#Cc1c(-c2cccc(F)c2)c2cc(OCCCOC(=O)N3CCOCC3)ccc2c(=O)n1C1CC1. The summed E-state index contributed by atoms with van der Waals surface area (Å²) in [4.78, 5) is 27.0. The molecule has 2 heterocycles. The Kier molecular flexibility index (Phi) is 6.87. The van der Waals surface area contributed by atoms with Crippen LogP contribution in [-0.4, -0.2) is 55.1 Å². The molecule has 1 aliphatic carbocycles. The molecule has 186 valence electrons. The summed E-state index contributed by atoms with van der Waals surface area (Å²) in [7, 11) is 0. The Labute approximate surface area is 207 Å². The molecule has 0 unspecified atom stereocenters. The maximum atomic E-state index is 14.1. The summed E-state index contributed by atoms with van der Waals surface area (Å²) >= 11 is 0. The van der Waals surface area contributed by atoms with Crippen molar-refractivity contribution in [2.75, 3.05) is 39.5 Å². The first-order chi connectivity index (χ1) is 17.6. The Morgan fingerprint density at radius 2 is 1.92 bits per heavy atom. The number of carbonyl (C=O) groups excluding carboxylic acids is 1. The third-order valence-corrected chi connectivity index (χ3v) is 6.37. The van der Waals surface area contributed by atoms with E-state index in [0.29, 0.717) is 67.0 Å². The molecule has 36 heavy (non-hydrogen) atoms. The number of nitriles is 1. The smallest absolute Gasteiger partial charge is 0.409 e. The van der Waals surface area contributed by atoms with Gasteiger partial charge in [0.2, 0.25) is 0 Å². The first-order valence-corrected chi connectivity index (χ1v) is 12.1. The average Bonchev–Trinajstić information content (AvgIpc) is 3.73. The number of benzene rings is 2. The van der Waals surface area contributed by atoms with Gasteiger partial charge in [-0.2, -0.15) is 5.26 Å². The summed E-state index contributed by atoms with van der Waals surface area (Å²) in [6, 6.07) is 13.3. The van der Waals surface area contributed by atoms with Crippen molar-refractivity contribution >= 4 is 16.9 Å². The number of halogens is 1. The van der Waals surface area contributed by atoms with Crippen LogP contribution < -0.4 is 10.3 Å². The number of nitrogens with zero attached hydrogens (tertiary/aromatic N) is 3. The Bertz CT molecular complexity index is 1390. The number of carbonyl (C=O) groups is 1. The maximum Gasteiger partial charge on any atom is 0.409 e. The van der Waals surface area contributed by atoms with Crippen molar-refractivity contribution in [1.82, 2.24) is 9.47 Å². The Morgan fingerprint density at radius 3 is 2.64 bits per heavy atom. The lowest BCUT2D eigenvalue weighted by atomic mass is 9.96. The highest BCUT2D eigenvalue weighted by Gasteiger charge is 2.30. The van der Waals surface area contributed by atoms with Gasteiger partial charge in [-0.3, -0.25) is 9.36 Å². The zero-order valence-electron chi connectivity index (χ0n) is 19.7. The van der Waals surface area contributed by atoms with E-state index in [1.54, 1.807) is 39.8 Å². The predicted octanol–water partition coefficient (Wildman–Crippen LogP) is 4.25. The first kappa shape index (κ1) is 23.8. The molecule has 3 aromatic rings. The van der Waals surface area contributed by atoms with Crippen molar-refractivity contribution in [1.29, 1.82) is 5.26 Å². The number of hydrogen-bond acceptors (Lipinski definition) is 6. The summed E-state index contributed by atoms with van der Waals surface area (Å²) in [5.41, 5.74) is 1.04. The van der Waals surface area contributed by atoms with Crippen LogP contribution >= 0.6 is 0 Å². The van der Waals surface area contributed by atoms with Crippen LogP contribution in [0.2, 0.25) is 0 Å². The quantitative estimate of drug-likeness (QED) is 0.459. The Hall–Kier alpha value is -3.90. The van der Waals surface area contributed by atoms with Gasteiger partial charge in [0, 0.05) is 41.9 Å². The molecule has 0 spiro atoms. The van der Waals surface area contributed by atoms with Gasteiger partial charge in [0.25, 0.3) is 5.56 Å². The first-order valence-electron chi connectivity index (χ1n) is 12.1. The maximum absolute atomic E-state index is 14.1. The number of ether oxygens (including phenoxy) is 3. The van der Waals surface area contributed by atoms with Crippen LogP contribution in [-0.2, 0) is 9.47 Å². The number of rotatable bonds is 7. The molecule has 2 fully saturated rings. The van der Waals surface area contributed by atoms with Crippen molar-refractivity contribution in [2.45, 2.75) is 25.3 Å². The number of amides is 1. The summed E-state index contributed by atoms with van der Waals surface area (Å²) in [5, 5.41) is 11.0. The second-order valence-electron chi connectivity index (χ2n) is 8.88. The Morgan fingerprint density at radius 1 is 1.11 bits per heavy atom. The highest BCUT2D eigenvalue weighted by molar-refractivity contribution is 5.99. The van der Waals surface area contributed by atoms with E-state index in [-0.39, 0.29) is 30.0 Å². The van der Waals surface area contributed by atoms with Gasteiger partial charge >= 0.3 is 6.09 Å². The van der Waals surface area contributed by atoms with Crippen molar-refractivity contribution in [3.05, 3.63) is 64.3 Å². The minimum Gasteiger partial charge on any atom is -0.493 e. The molecule has 1 aromatic heterocycles. The van der Waals surface area contributed by atoms with Gasteiger partial charge in [-0.1, -0.05) is 12.1 Å². The fraction of sp³-hybridized carbons (Fsp3) is 0.370. The largest absolute Gasteiger partial charge is 0.493 e. The van der Waals surface area contributed by atoms with E-state index in [9.17, 15) is 19.2 Å². The fourth-order valence-corrected chi connectivity index (χ4v) is 4.46. The van der Waals surface area contributed by atoms with Gasteiger partial charge < -0.3 is 19.1 Å². The third-order valence-electron chi connectivity index (χ3n) is 6.37. The molecular weight excluding hydrogens is 465 g/mol. The zero-order chi connectivity index (χ0) is 25.1. The minimum atomic E-state index is -0.423. The standard InChI is InChI=1S/C27H26FN3O5/c28-19-4-1-3-18(15-19)25-23-16-21(35-11-2-12-36-27(33)30-9-13-34-14-10-30)7-8-22(23)26(32)31(20-5-6-20)24(25)17-29/h1,3-4,7-8,15-16,20H,2,5-6,9-14H2. The molecule has 1 saturated heterocycles. The third kappa shape index (κ3) is 4.90. The Balaban J connectivity index is 1.37. The molecule has 8 nitrogen and oxygen atoms in total. The van der Waals surface area contributed by atoms with Crippen LogP contribution in [0.25, 0.3) is 21.9 Å². The van der Waals surface area contributed by atoms with E-state index in [4.69, 9.17) is 14.2 Å². The van der Waals surface area contributed by atoms with Crippen LogP contribution in [0, 0.1) is 17.1 Å². The molecular formula is C27H26FN3O5. The number of morpholine rings is 1. The molecule has 0 bridgehead atoms. The van der Waals surface area contributed by atoms with Gasteiger partial charge in [-0.25, -0.2) is 9.18 Å². The molecule has 9 heteroatoms. The van der Waals surface area contributed by atoms with E-state index in [2.05, 4.69) is 6.07 Å². The molecule has 2 aromatic carbocycles. The van der Waals surface area contributed by atoms with E-state index in [1.165, 1.54) is 12.1 Å². The van der Waals surface area contributed by atoms with Gasteiger partial charge in [-0.15, -0.1) is 0 Å². The summed E-state index contributed by atoms with van der Waals surface area (Å²) in [6.07, 6.45) is 1.79. The highest BCUT2D eigenvalue weighted by Crippen LogP contribution is 2.39. The molecule has 0 N–H and O–H groups in total. The van der Waals surface area contributed by atoms with E-state index >= 15 is 0 Å². The van der Waals surface area contributed by atoms with Gasteiger partial charge in [0.15, 0.2) is 0 Å². The molecule has 2 aliphatic rings. The van der Waals surface area contributed by atoms with E-state index < -0.39 is 5.82 Å². The van der Waals surface area contributed by atoms with Crippen LogP contribution in [0.1, 0.15) is 31.0 Å². The van der Waals surface area contributed by atoms with Crippen LogP contribution in [0.15, 0.2) is 47.3 Å². The summed E-state index contributed by atoms with van der Waals surface area (Å²) in [6.45, 7) is 2.57. The molecule has 0 radical (unpaired) electrons. The van der Waals surface area contributed by atoms with Crippen molar-refractivity contribution in [3.63, 3.8) is 0 Å². The summed E-state index contributed by atoms with van der Waals surface area (Å²) in [5.74, 6) is 0.0832. The second-order valence-corrected chi connectivity index (χ2v) is 8.88. The molecule has 1 amide bonds. The van der Waals surface area contributed by atoms with Crippen molar-refractivity contribution in [2.24, 2.45) is 0 Å². The lowest BCUT2D eigenvalue weighted by molar-refractivity contribution is 0.0261. The lowest BCUT2D eigenvalue weighted by Gasteiger charge is -2.25. The normalized spacial score (nSPS) is 15.5.